The maximum Gasteiger partial charge on any atom is 0.407 e. The number of aliphatic imine (C=N–C) groups is 1. The number of guanidine groups is 1. The number of amides is 2. The molecule has 1 aliphatic heterocycles. The van der Waals surface area contributed by atoms with E-state index in [9.17, 15) is 27.2 Å². The number of carbonyl (C=O) groups is 2. The van der Waals surface area contributed by atoms with Gasteiger partial charge in [-0.25, -0.2) is 33.5 Å². The fourth-order valence-corrected chi connectivity index (χ4v) is 5.96. The molecule has 12 nitrogen and oxygen atoms in total. The number of rotatable bonds is 11. The quantitative estimate of drug-likeness (QED) is 0.161. The zero-order valence-corrected chi connectivity index (χ0v) is 29.1. The summed E-state index contributed by atoms with van der Waals surface area (Å²) in [6.45, 7) is 4.38. The van der Waals surface area contributed by atoms with Crippen LogP contribution in [-0.2, 0) is 15.1 Å². The van der Waals surface area contributed by atoms with Crippen LogP contribution in [-0.4, -0.2) is 66.2 Å². The molecular weight excluding hydrogens is 694 g/mol. The van der Waals surface area contributed by atoms with Gasteiger partial charge >= 0.3 is 12.6 Å². The van der Waals surface area contributed by atoms with Gasteiger partial charge in [-0.15, -0.1) is 0 Å². The Morgan fingerprint density at radius 3 is 2.29 bits per heavy atom. The molecule has 0 spiro atoms. The summed E-state index contributed by atoms with van der Waals surface area (Å²) in [6.07, 6.45) is 0.225. The Hall–Kier alpha value is -5.12. The van der Waals surface area contributed by atoms with Crippen molar-refractivity contribution in [3.63, 3.8) is 0 Å². The number of carbonyl (C=O) groups excluding carboxylic acids is 2. The smallest absolute Gasteiger partial charge is 0.407 e. The first kappa shape index (κ1) is 37.1. The minimum Gasteiger partial charge on any atom is -0.447 e. The molecule has 0 bridgehead atoms. The fraction of sp³-hybridized carbons (Fsp3) is 0.382. The number of hydrogen-bond donors (Lipinski definition) is 2. The van der Waals surface area contributed by atoms with Gasteiger partial charge in [-0.05, 0) is 55.0 Å². The summed E-state index contributed by atoms with van der Waals surface area (Å²) in [5, 5.41) is 5.72. The van der Waals surface area contributed by atoms with Crippen LogP contribution in [0.5, 0.6) is 0 Å². The Morgan fingerprint density at radius 1 is 1.02 bits per heavy atom. The van der Waals surface area contributed by atoms with E-state index in [0.717, 1.165) is 25.1 Å². The topological polar surface area (TPSA) is 154 Å². The summed E-state index contributed by atoms with van der Waals surface area (Å²) in [5.74, 6) is -0.600. The summed E-state index contributed by atoms with van der Waals surface area (Å²) >= 11 is 6.44. The number of ether oxygens (including phenoxy) is 1. The first-order chi connectivity index (χ1) is 23.9. The summed E-state index contributed by atoms with van der Waals surface area (Å²) in [5.41, 5.74) is 4.05. The van der Waals surface area contributed by atoms with Crippen LogP contribution in [0.15, 0.2) is 72.2 Å². The van der Waals surface area contributed by atoms with E-state index in [0.29, 0.717) is 21.6 Å². The molecule has 1 aliphatic rings. The van der Waals surface area contributed by atoms with Gasteiger partial charge in [-0.3, -0.25) is 9.69 Å². The van der Waals surface area contributed by atoms with Gasteiger partial charge in [0, 0.05) is 23.5 Å². The number of nitrogens with two attached hydrogens (primary N) is 1. The van der Waals surface area contributed by atoms with E-state index in [1.807, 2.05) is 20.8 Å². The molecule has 2 atom stereocenters. The molecular formula is C34H36ClF4N9O3. The van der Waals surface area contributed by atoms with Gasteiger partial charge in [0.1, 0.15) is 12.9 Å². The number of aromatic nitrogens is 5. The second-order valence-corrected chi connectivity index (χ2v) is 14.1. The van der Waals surface area contributed by atoms with Gasteiger partial charge in [-0.1, -0.05) is 62.7 Å². The van der Waals surface area contributed by atoms with Gasteiger partial charge in [0.25, 0.3) is 12.3 Å². The molecule has 3 heterocycles. The largest absolute Gasteiger partial charge is 0.447 e. The minimum atomic E-state index is -3.05. The van der Waals surface area contributed by atoms with Crippen molar-refractivity contribution in [2.45, 2.75) is 71.1 Å². The Balaban J connectivity index is 1.59. The van der Waals surface area contributed by atoms with Crippen LogP contribution in [0.25, 0.3) is 22.8 Å². The van der Waals surface area contributed by atoms with E-state index in [2.05, 4.69) is 25.4 Å². The number of benzene rings is 2. The van der Waals surface area contributed by atoms with Gasteiger partial charge in [0.2, 0.25) is 0 Å². The molecule has 0 aliphatic carbocycles. The van der Waals surface area contributed by atoms with E-state index in [-0.39, 0.29) is 34.4 Å². The molecule has 0 saturated carbocycles. The molecule has 3 N–H and O–H groups in total. The first-order valence-electron chi connectivity index (χ1n) is 15.7. The normalized spacial score (nSPS) is 17.2. The predicted octanol–water partition coefficient (Wildman–Crippen LogP) is 6.75. The third-order valence-corrected chi connectivity index (χ3v) is 8.45. The lowest BCUT2D eigenvalue weighted by atomic mass is 9.75. The summed E-state index contributed by atoms with van der Waals surface area (Å²) in [4.78, 5) is 46.1. The highest BCUT2D eigenvalue weighted by Gasteiger charge is 2.53. The zero-order valence-electron chi connectivity index (χ0n) is 28.3. The van der Waals surface area contributed by atoms with Crippen LogP contribution in [0.2, 0.25) is 5.02 Å². The molecule has 270 valence electrons. The van der Waals surface area contributed by atoms with Gasteiger partial charge in [0.05, 0.1) is 16.6 Å². The van der Waals surface area contributed by atoms with Crippen molar-refractivity contribution in [3.8, 4) is 22.8 Å². The van der Waals surface area contributed by atoms with Crippen molar-refractivity contribution in [1.82, 2.24) is 34.9 Å². The minimum absolute atomic E-state index is 0.0297. The highest BCUT2D eigenvalue weighted by Crippen LogP contribution is 2.45. The van der Waals surface area contributed by atoms with E-state index >= 15 is 0 Å². The van der Waals surface area contributed by atoms with Crippen LogP contribution >= 0.6 is 11.6 Å². The number of alkyl halides is 4. The Kier molecular flexibility index (Phi) is 10.4. The van der Waals surface area contributed by atoms with Crippen LogP contribution < -0.4 is 11.1 Å². The molecule has 0 unspecified atom stereocenters. The van der Waals surface area contributed by atoms with Crippen LogP contribution in [0, 0.1) is 5.41 Å². The van der Waals surface area contributed by atoms with Crippen LogP contribution in [0.4, 0.5) is 22.4 Å². The summed E-state index contributed by atoms with van der Waals surface area (Å²) in [6, 6.07) is 11.7. The Morgan fingerprint density at radius 2 is 1.69 bits per heavy atom. The molecule has 5 rings (SSSR count). The number of nitrogens with zero attached hydrogens (tertiary/aromatic N) is 7. The molecule has 17 heteroatoms. The monoisotopic (exact) mass is 729 g/mol. The highest BCUT2D eigenvalue weighted by atomic mass is 35.5. The summed E-state index contributed by atoms with van der Waals surface area (Å²) in [7, 11) is 0. The molecule has 0 radical (unpaired) electrons. The van der Waals surface area contributed by atoms with Gasteiger partial charge < -0.3 is 15.8 Å². The van der Waals surface area contributed by atoms with Crippen LogP contribution in [0.3, 0.4) is 0 Å². The van der Waals surface area contributed by atoms with E-state index in [1.165, 1.54) is 18.2 Å². The lowest BCUT2D eigenvalue weighted by Crippen LogP contribution is -2.50. The molecule has 2 aromatic heterocycles. The molecule has 2 amide bonds. The molecule has 4 aromatic rings. The first-order valence-corrected chi connectivity index (χ1v) is 16.1. The second kappa shape index (κ2) is 14.2. The lowest BCUT2D eigenvalue weighted by molar-refractivity contribution is -0.135. The predicted molar refractivity (Wildman–Crippen MR) is 181 cm³/mol. The number of nitrogens with one attached hydrogen (secondary N) is 1. The van der Waals surface area contributed by atoms with Crippen molar-refractivity contribution < 1.29 is 31.9 Å². The number of halogens is 5. The molecule has 0 fully saturated rings. The van der Waals surface area contributed by atoms with E-state index < -0.39 is 54.1 Å². The van der Waals surface area contributed by atoms with Crippen molar-refractivity contribution in [3.05, 3.63) is 83.4 Å². The average molecular weight is 730 g/mol. The van der Waals surface area contributed by atoms with Crippen molar-refractivity contribution in [2.75, 3.05) is 6.61 Å². The fourth-order valence-electron chi connectivity index (χ4n) is 5.75. The second-order valence-electron chi connectivity index (χ2n) is 13.7. The zero-order chi connectivity index (χ0) is 37.3. The Bertz CT molecular complexity index is 1920. The Labute approximate surface area is 296 Å². The maximum atomic E-state index is 14.9. The standard InChI is InChI=1S/C34H36ClF4N9O3/c1-32(2,3)17-34(21-10-7-19(8-11-21)25-41-13-6-14-42-25)28(49)47(30(40)45-34)24(16-51-31(50)46-33(4,5)27(36)37)20-9-12-23(35)22(15-20)26-43-18-44-48(26)29(38)39/h6-15,18,24,27,29H,16-17H2,1-5H3,(H2,40,45)(H,46,50)/t24-,34-/m1/s1. The molecule has 0 saturated heterocycles. The van der Waals surface area contributed by atoms with E-state index in [1.54, 1.807) is 42.7 Å². The average Bonchev–Trinajstić information content (AvgIpc) is 3.65. The summed E-state index contributed by atoms with van der Waals surface area (Å²) < 4.78 is 60.5. The van der Waals surface area contributed by atoms with Crippen molar-refractivity contribution >= 4 is 29.6 Å². The lowest BCUT2D eigenvalue weighted by Gasteiger charge is -2.35. The maximum absolute atomic E-state index is 14.9. The number of alkyl carbamates (subject to hydrolysis) is 1. The number of hydrogen-bond acceptors (Lipinski definition) is 9. The van der Waals surface area contributed by atoms with E-state index in [4.69, 9.17) is 27.1 Å². The van der Waals surface area contributed by atoms with Crippen molar-refractivity contribution in [2.24, 2.45) is 16.1 Å². The SMILES string of the molecule is CC(C)(C)C[C@]1(c2ccc(-c3ncccn3)cc2)N=C(N)N([C@H](COC(=O)NC(C)(C)C(F)F)c2ccc(Cl)c(-c3ncnn3C(F)F)c2)C1=O. The third-order valence-electron chi connectivity index (χ3n) is 8.13. The van der Waals surface area contributed by atoms with Crippen LogP contribution in [0.1, 0.15) is 64.8 Å². The third kappa shape index (κ3) is 7.80. The molecule has 51 heavy (non-hydrogen) atoms. The highest BCUT2D eigenvalue weighted by molar-refractivity contribution is 6.33. The van der Waals surface area contributed by atoms with Gasteiger partial charge in [0.15, 0.2) is 23.1 Å². The van der Waals surface area contributed by atoms with Gasteiger partial charge in [-0.2, -0.15) is 18.6 Å². The van der Waals surface area contributed by atoms with Crippen molar-refractivity contribution in [1.29, 1.82) is 0 Å². The molecule has 2 aromatic carbocycles.